The van der Waals surface area contributed by atoms with Gasteiger partial charge in [0.1, 0.15) is 5.75 Å². The van der Waals surface area contributed by atoms with Gasteiger partial charge in [0.2, 0.25) is 5.91 Å². The first kappa shape index (κ1) is 28.2. The van der Waals surface area contributed by atoms with Crippen molar-refractivity contribution in [1.29, 1.82) is 0 Å². The topological polar surface area (TPSA) is 74.7 Å². The number of nitrogens with one attached hydrogen (secondary N) is 2. The van der Waals surface area contributed by atoms with Gasteiger partial charge in [0, 0.05) is 56.0 Å². The van der Waals surface area contributed by atoms with Crippen molar-refractivity contribution in [3.8, 4) is 11.4 Å². The van der Waals surface area contributed by atoms with Crippen LogP contribution in [0.3, 0.4) is 0 Å². The summed E-state index contributed by atoms with van der Waals surface area (Å²) in [6, 6.07) is 23.8. The minimum absolute atomic E-state index is 0.108. The monoisotopic (exact) mass is 568 g/mol. The number of pyridine rings is 1. The molecule has 0 bridgehead atoms. The van der Waals surface area contributed by atoms with Crippen LogP contribution in [0.2, 0.25) is 0 Å². The zero-order valence-corrected chi connectivity index (χ0v) is 24.9. The summed E-state index contributed by atoms with van der Waals surface area (Å²) in [5.41, 5.74) is 7.20. The van der Waals surface area contributed by atoms with Crippen LogP contribution < -0.4 is 20.3 Å². The Morgan fingerprint density at radius 2 is 1.80 bits per heavy atom. The summed E-state index contributed by atoms with van der Waals surface area (Å²) in [4.78, 5) is 21.9. The third-order valence-electron chi connectivity index (χ3n) is 7.57. The molecule has 5 rings (SSSR count). The molecule has 1 aliphatic rings. The fourth-order valence-corrected chi connectivity index (χ4v) is 5.88. The fraction of sp³-hybridized carbons (Fsp3) is 0.281. The number of ether oxygens (including phenoxy) is 1. The van der Waals surface area contributed by atoms with Crippen molar-refractivity contribution in [1.82, 2.24) is 19.8 Å². The van der Waals surface area contributed by atoms with Crippen LogP contribution in [-0.4, -0.2) is 53.2 Å². The van der Waals surface area contributed by atoms with E-state index in [1.165, 1.54) is 0 Å². The molecule has 0 unspecified atom stereocenters. The second-order valence-corrected chi connectivity index (χ2v) is 10.8. The van der Waals surface area contributed by atoms with E-state index in [1.807, 2.05) is 56.6 Å². The van der Waals surface area contributed by atoms with Gasteiger partial charge in [0.05, 0.1) is 30.6 Å². The Labute approximate surface area is 247 Å². The number of nitrogens with zero attached hydrogens (tertiary/aromatic N) is 4. The molecule has 0 radical (unpaired) electrons. The number of hydrogen-bond donors (Lipinski definition) is 2. The van der Waals surface area contributed by atoms with Gasteiger partial charge in [-0.1, -0.05) is 18.2 Å². The molecule has 9 heteroatoms. The number of amides is 1. The van der Waals surface area contributed by atoms with Gasteiger partial charge in [-0.25, -0.2) is 0 Å². The average Bonchev–Trinajstić information content (AvgIpc) is 3.46. The van der Waals surface area contributed by atoms with Gasteiger partial charge < -0.3 is 29.7 Å². The van der Waals surface area contributed by atoms with E-state index in [1.54, 1.807) is 13.3 Å². The maximum atomic E-state index is 13.0. The Morgan fingerprint density at radius 3 is 2.49 bits per heavy atom. The zero-order chi connectivity index (χ0) is 29.1. The maximum Gasteiger partial charge on any atom is 0.226 e. The molecule has 2 N–H and O–H groups in total. The summed E-state index contributed by atoms with van der Waals surface area (Å²) in [5.74, 6) is 0.516. The van der Waals surface area contributed by atoms with Crippen molar-refractivity contribution in [2.45, 2.75) is 32.4 Å². The fourth-order valence-electron chi connectivity index (χ4n) is 5.55. The van der Waals surface area contributed by atoms with Crippen LogP contribution in [0, 0.1) is 13.8 Å². The predicted octanol–water partition coefficient (Wildman–Crippen LogP) is 5.57. The number of carbonyl (C=O) groups excluding carboxylic acids is 1. The Morgan fingerprint density at radius 1 is 1.07 bits per heavy atom. The van der Waals surface area contributed by atoms with Crippen LogP contribution in [0.1, 0.15) is 41.1 Å². The number of rotatable bonds is 9. The van der Waals surface area contributed by atoms with E-state index in [9.17, 15) is 4.79 Å². The summed E-state index contributed by atoms with van der Waals surface area (Å²) in [6.45, 7) is 4.71. The number of benzene rings is 2. The molecular formula is C32H36N6O2S. The molecule has 41 heavy (non-hydrogen) atoms. The second kappa shape index (κ2) is 12.0. The highest BCUT2D eigenvalue weighted by Gasteiger charge is 2.41. The van der Waals surface area contributed by atoms with Crippen LogP contribution in [0.5, 0.6) is 5.75 Å². The van der Waals surface area contributed by atoms with Crippen molar-refractivity contribution in [2.24, 2.45) is 0 Å². The van der Waals surface area contributed by atoms with Crippen molar-refractivity contribution in [2.75, 3.05) is 38.0 Å². The first-order chi connectivity index (χ1) is 19.8. The van der Waals surface area contributed by atoms with E-state index >= 15 is 0 Å². The van der Waals surface area contributed by atoms with Crippen LogP contribution >= 0.6 is 12.2 Å². The number of aryl methyl sites for hydroxylation is 1. The Bertz CT molecular complexity index is 1530. The second-order valence-electron chi connectivity index (χ2n) is 10.4. The number of hydrogen-bond acceptors (Lipinski definition) is 5. The first-order valence-corrected chi connectivity index (χ1v) is 14.1. The van der Waals surface area contributed by atoms with Crippen molar-refractivity contribution in [3.63, 3.8) is 0 Å². The first-order valence-electron chi connectivity index (χ1n) is 13.7. The molecule has 1 aliphatic heterocycles. The SMILES string of the molecule is COc1ccccc1NC(=O)CCN1C(=S)N[C@H](c2ccccn2)[C@@H]1c1cc(C)n(-c2ccc(N(C)C)cc2)c1C. The largest absolute Gasteiger partial charge is 0.495 e. The molecule has 2 aromatic heterocycles. The molecule has 212 valence electrons. The highest BCUT2D eigenvalue weighted by Crippen LogP contribution is 2.41. The van der Waals surface area contributed by atoms with Gasteiger partial charge in [0.15, 0.2) is 5.11 Å². The minimum atomic E-state index is -0.161. The summed E-state index contributed by atoms with van der Waals surface area (Å²) in [6.07, 6.45) is 2.06. The van der Waals surface area contributed by atoms with Gasteiger partial charge in [0.25, 0.3) is 0 Å². The maximum absolute atomic E-state index is 13.0. The highest BCUT2D eigenvalue weighted by molar-refractivity contribution is 7.80. The lowest BCUT2D eigenvalue weighted by molar-refractivity contribution is -0.116. The molecule has 0 saturated carbocycles. The van der Waals surface area contributed by atoms with Crippen molar-refractivity contribution >= 4 is 34.6 Å². The number of aromatic nitrogens is 2. The third kappa shape index (κ3) is 5.76. The highest BCUT2D eigenvalue weighted by atomic mass is 32.1. The summed E-state index contributed by atoms with van der Waals surface area (Å²) >= 11 is 5.85. The number of anilines is 2. The normalized spacial score (nSPS) is 16.4. The minimum Gasteiger partial charge on any atom is -0.495 e. The Hall–Kier alpha value is -4.37. The molecule has 2 atom stereocenters. The van der Waals surface area contributed by atoms with Crippen molar-refractivity contribution < 1.29 is 9.53 Å². The molecule has 0 aliphatic carbocycles. The lowest BCUT2D eigenvalue weighted by Crippen LogP contribution is -2.33. The Kier molecular flexibility index (Phi) is 8.26. The number of para-hydroxylation sites is 2. The van der Waals surface area contributed by atoms with E-state index in [0.29, 0.717) is 23.1 Å². The number of thiocarbonyl (C=S) groups is 1. The molecule has 4 aromatic rings. The van der Waals surface area contributed by atoms with Crippen LogP contribution in [0.15, 0.2) is 79.0 Å². The van der Waals surface area contributed by atoms with E-state index in [-0.39, 0.29) is 24.4 Å². The molecule has 2 aromatic carbocycles. The average molecular weight is 569 g/mol. The van der Waals surface area contributed by atoms with Gasteiger partial charge in [-0.05, 0) is 86.2 Å². The molecule has 1 saturated heterocycles. The third-order valence-corrected chi connectivity index (χ3v) is 7.92. The summed E-state index contributed by atoms with van der Waals surface area (Å²) < 4.78 is 7.67. The molecule has 3 heterocycles. The summed E-state index contributed by atoms with van der Waals surface area (Å²) in [7, 11) is 5.67. The smallest absolute Gasteiger partial charge is 0.226 e. The molecule has 1 amide bonds. The number of methoxy groups -OCH3 is 1. The summed E-state index contributed by atoms with van der Waals surface area (Å²) in [5, 5.41) is 7.09. The van der Waals surface area contributed by atoms with Gasteiger partial charge in [-0.2, -0.15) is 0 Å². The van der Waals surface area contributed by atoms with E-state index in [2.05, 4.69) is 74.2 Å². The van der Waals surface area contributed by atoms with Gasteiger partial charge in [-0.3, -0.25) is 9.78 Å². The van der Waals surface area contributed by atoms with Crippen LogP contribution in [0.25, 0.3) is 5.69 Å². The standard InChI is InChI=1S/C32H36N6O2S/c1-21-20-25(22(2)38(21)24-15-13-23(14-16-24)36(3)4)31-30(27-11-8-9-18-33-27)35-32(41)37(31)19-17-29(39)34-26-10-6-7-12-28(26)40-5/h6-16,18,20,30-31H,17,19H2,1-5H3,(H,34,39)(H,35,41)/t30-,31+/m1/s1. The number of carbonyl (C=O) groups is 1. The molecule has 0 spiro atoms. The van der Waals surface area contributed by atoms with Crippen LogP contribution in [-0.2, 0) is 4.79 Å². The van der Waals surface area contributed by atoms with E-state index < -0.39 is 0 Å². The Balaban J connectivity index is 1.46. The zero-order valence-electron chi connectivity index (χ0n) is 24.1. The van der Waals surface area contributed by atoms with Gasteiger partial charge in [-0.15, -0.1) is 0 Å². The predicted molar refractivity (Wildman–Crippen MR) is 168 cm³/mol. The lowest BCUT2D eigenvalue weighted by Gasteiger charge is -2.28. The molecule has 8 nitrogen and oxygen atoms in total. The lowest BCUT2D eigenvalue weighted by atomic mass is 9.96. The van der Waals surface area contributed by atoms with E-state index in [4.69, 9.17) is 17.0 Å². The van der Waals surface area contributed by atoms with Gasteiger partial charge >= 0.3 is 0 Å². The van der Waals surface area contributed by atoms with Crippen molar-refractivity contribution in [3.05, 3.63) is 102 Å². The van der Waals surface area contributed by atoms with Crippen LogP contribution in [0.4, 0.5) is 11.4 Å². The molecular weight excluding hydrogens is 532 g/mol. The van der Waals surface area contributed by atoms with E-state index in [0.717, 1.165) is 34.0 Å². The quantitative estimate of drug-likeness (QED) is 0.256. The molecule has 1 fully saturated rings.